The van der Waals surface area contributed by atoms with Crippen LogP contribution in [-0.2, 0) is 22.3 Å². The van der Waals surface area contributed by atoms with E-state index in [4.69, 9.17) is 4.74 Å². The highest BCUT2D eigenvalue weighted by Gasteiger charge is 2.36. The van der Waals surface area contributed by atoms with Crippen LogP contribution in [0, 0.1) is 0 Å². The van der Waals surface area contributed by atoms with Crippen molar-refractivity contribution in [2.45, 2.75) is 31.3 Å². The Morgan fingerprint density at radius 2 is 1.81 bits per heavy atom. The second-order valence-corrected chi connectivity index (χ2v) is 9.34. The summed E-state index contributed by atoms with van der Waals surface area (Å²) in [6.45, 7) is 2.55. The van der Waals surface area contributed by atoms with Crippen LogP contribution in [0.2, 0.25) is 0 Å². The van der Waals surface area contributed by atoms with Crippen LogP contribution in [-0.4, -0.2) is 33.7 Å². The number of carbonyl (C=O) groups is 2. The number of benzene rings is 3. The van der Waals surface area contributed by atoms with E-state index in [2.05, 4.69) is 10.3 Å². The first-order valence-corrected chi connectivity index (χ1v) is 12.4. The lowest BCUT2D eigenvalue weighted by atomic mass is 10.2. The van der Waals surface area contributed by atoms with E-state index in [1.54, 1.807) is 24.3 Å². The zero-order valence-electron chi connectivity index (χ0n) is 19.9. The Labute approximate surface area is 216 Å². The molecule has 10 heteroatoms. The normalized spacial score (nSPS) is 17.1. The van der Waals surface area contributed by atoms with Gasteiger partial charge in [0.1, 0.15) is 11.0 Å². The summed E-state index contributed by atoms with van der Waals surface area (Å²) in [7, 11) is 0. The maximum absolute atomic E-state index is 13.2. The molecule has 37 heavy (non-hydrogen) atoms. The number of amidine groups is 1. The molecule has 0 unspecified atom stereocenters. The fourth-order valence-electron chi connectivity index (χ4n) is 3.65. The van der Waals surface area contributed by atoms with Crippen molar-refractivity contribution in [3.63, 3.8) is 0 Å². The van der Waals surface area contributed by atoms with Crippen LogP contribution in [0.25, 0.3) is 0 Å². The molecule has 1 aliphatic heterocycles. The van der Waals surface area contributed by atoms with E-state index in [0.29, 0.717) is 18.0 Å². The quantitative estimate of drug-likeness (QED) is 0.394. The van der Waals surface area contributed by atoms with Gasteiger partial charge in [-0.1, -0.05) is 48.2 Å². The maximum Gasteiger partial charge on any atom is 0.416 e. The number of carbonyl (C=O) groups excluding carboxylic acids is 2. The summed E-state index contributed by atoms with van der Waals surface area (Å²) in [5.74, 6) is -0.0887. The minimum atomic E-state index is -4.47. The van der Waals surface area contributed by atoms with E-state index < -0.39 is 17.0 Å². The smallest absolute Gasteiger partial charge is 0.416 e. The lowest BCUT2D eigenvalue weighted by molar-refractivity contribution is -0.137. The Balaban J connectivity index is 1.59. The summed E-state index contributed by atoms with van der Waals surface area (Å²) < 4.78 is 44.4. The molecule has 0 aliphatic carbocycles. The molecule has 6 nitrogen and oxygen atoms in total. The number of thioether (sulfide) groups is 1. The minimum absolute atomic E-state index is 0.0550. The lowest BCUT2D eigenvalue weighted by Crippen LogP contribution is -2.44. The average Bonchev–Trinajstić information content (AvgIpc) is 2.87. The molecule has 1 atom stereocenters. The maximum atomic E-state index is 13.2. The lowest BCUT2D eigenvalue weighted by Gasteiger charge is -2.32. The van der Waals surface area contributed by atoms with E-state index in [1.165, 1.54) is 17.0 Å². The minimum Gasteiger partial charge on any atom is -0.494 e. The number of rotatable bonds is 7. The zero-order chi connectivity index (χ0) is 26.4. The van der Waals surface area contributed by atoms with Crippen molar-refractivity contribution in [1.82, 2.24) is 4.90 Å². The molecule has 3 aromatic carbocycles. The van der Waals surface area contributed by atoms with Crippen LogP contribution in [0.4, 0.5) is 24.5 Å². The molecule has 2 amide bonds. The molecule has 0 spiro atoms. The summed E-state index contributed by atoms with van der Waals surface area (Å²) in [4.78, 5) is 32.2. The van der Waals surface area contributed by atoms with E-state index in [9.17, 15) is 22.8 Å². The Morgan fingerprint density at radius 3 is 2.49 bits per heavy atom. The molecule has 1 heterocycles. The fourth-order valence-corrected chi connectivity index (χ4v) is 4.75. The van der Waals surface area contributed by atoms with Crippen LogP contribution in [0.5, 0.6) is 5.75 Å². The molecule has 0 bridgehead atoms. The standard InChI is InChI=1S/C27H24F3N3O3S/c1-2-36-22-10-6-9-21(15-22)31-25(35)23-16-24(34)33(17-18-7-4-3-5-8-18)26(37-23)32-20-13-11-19(12-14-20)27(28,29)30/h3-15,23H,2,16-17H2,1H3,(H,31,35)/t23-/m1/s1. The van der Waals surface area contributed by atoms with E-state index in [-0.39, 0.29) is 35.6 Å². The van der Waals surface area contributed by atoms with Crippen LogP contribution < -0.4 is 10.1 Å². The number of amides is 2. The van der Waals surface area contributed by atoms with Crippen molar-refractivity contribution in [1.29, 1.82) is 0 Å². The molecule has 192 valence electrons. The molecule has 4 rings (SSSR count). The second kappa shape index (κ2) is 11.5. The van der Waals surface area contributed by atoms with Crippen molar-refractivity contribution in [2.75, 3.05) is 11.9 Å². The van der Waals surface area contributed by atoms with Gasteiger partial charge in [-0.15, -0.1) is 0 Å². The summed E-state index contributed by atoms with van der Waals surface area (Å²) in [5, 5.41) is 2.28. The van der Waals surface area contributed by atoms with Gasteiger partial charge in [0, 0.05) is 18.2 Å². The Morgan fingerprint density at radius 1 is 1.08 bits per heavy atom. The highest BCUT2D eigenvalue weighted by atomic mass is 32.2. The van der Waals surface area contributed by atoms with Gasteiger partial charge in [0.2, 0.25) is 11.8 Å². The van der Waals surface area contributed by atoms with Crippen LogP contribution in [0.15, 0.2) is 83.9 Å². The Hall–Kier alpha value is -3.79. The van der Waals surface area contributed by atoms with Crippen LogP contribution in [0.3, 0.4) is 0 Å². The SMILES string of the molecule is CCOc1cccc(NC(=O)[C@H]2CC(=O)N(Cc3ccccc3)C(=Nc3ccc(C(F)(F)F)cc3)S2)c1. The molecule has 1 aliphatic rings. The molecular weight excluding hydrogens is 503 g/mol. The number of halogens is 3. The molecule has 1 saturated heterocycles. The number of aliphatic imine (C=N–C) groups is 1. The van der Waals surface area contributed by atoms with E-state index in [1.807, 2.05) is 37.3 Å². The molecule has 1 fully saturated rings. The number of hydrogen-bond donors (Lipinski definition) is 1. The van der Waals surface area contributed by atoms with Crippen LogP contribution in [0.1, 0.15) is 24.5 Å². The first kappa shape index (κ1) is 26.3. The molecule has 0 radical (unpaired) electrons. The van der Waals surface area contributed by atoms with Gasteiger partial charge in [0.25, 0.3) is 0 Å². The van der Waals surface area contributed by atoms with Gasteiger partial charge in [-0.05, 0) is 48.9 Å². The van der Waals surface area contributed by atoms with Gasteiger partial charge in [-0.2, -0.15) is 13.2 Å². The third-order valence-electron chi connectivity index (χ3n) is 5.45. The van der Waals surface area contributed by atoms with E-state index in [0.717, 1.165) is 29.5 Å². The molecular formula is C27H24F3N3O3S. The number of nitrogens with one attached hydrogen (secondary N) is 1. The Bertz CT molecular complexity index is 1280. The largest absolute Gasteiger partial charge is 0.494 e. The third kappa shape index (κ3) is 6.91. The molecule has 0 aromatic heterocycles. The average molecular weight is 528 g/mol. The number of ether oxygens (including phenoxy) is 1. The number of nitrogens with zero attached hydrogens (tertiary/aromatic N) is 2. The van der Waals surface area contributed by atoms with Gasteiger partial charge in [-0.25, -0.2) is 4.99 Å². The third-order valence-corrected chi connectivity index (χ3v) is 6.64. The number of anilines is 1. The molecule has 3 aromatic rings. The fraction of sp³-hybridized carbons (Fsp3) is 0.222. The van der Waals surface area contributed by atoms with Crippen molar-refractivity contribution in [2.24, 2.45) is 4.99 Å². The highest BCUT2D eigenvalue weighted by Crippen LogP contribution is 2.33. The summed E-state index contributed by atoms with van der Waals surface area (Å²) in [6.07, 6.45) is -4.52. The van der Waals surface area contributed by atoms with Gasteiger partial charge in [0.15, 0.2) is 5.17 Å². The second-order valence-electron chi connectivity index (χ2n) is 8.17. The molecule has 1 N–H and O–H groups in total. The number of alkyl halides is 3. The topological polar surface area (TPSA) is 71.0 Å². The van der Waals surface area contributed by atoms with Gasteiger partial charge >= 0.3 is 6.18 Å². The predicted molar refractivity (Wildman–Crippen MR) is 138 cm³/mol. The monoisotopic (exact) mass is 527 g/mol. The first-order chi connectivity index (χ1) is 17.7. The number of hydrogen-bond acceptors (Lipinski definition) is 5. The van der Waals surface area contributed by atoms with E-state index >= 15 is 0 Å². The highest BCUT2D eigenvalue weighted by molar-refractivity contribution is 8.15. The van der Waals surface area contributed by atoms with Gasteiger partial charge < -0.3 is 10.1 Å². The van der Waals surface area contributed by atoms with Crippen molar-refractivity contribution in [3.05, 3.63) is 90.0 Å². The zero-order valence-corrected chi connectivity index (χ0v) is 20.7. The summed E-state index contributed by atoms with van der Waals surface area (Å²) >= 11 is 1.10. The summed E-state index contributed by atoms with van der Waals surface area (Å²) in [5.41, 5.74) is 0.826. The van der Waals surface area contributed by atoms with Crippen molar-refractivity contribution < 1.29 is 27.5 Å². The van der Waals surface area contributed by atoms with Crippen molar-refractivity contribution in [3.8, 4) is 5.75 Å². The summed E-state index contributed by atoms with van der Waals surface area (Å²) in [6, 6.07) is 20.5. The first-order valence-electron chi connectivity index (χ1n) is 11.5. The van der Waals surface area contributed by atoms with Crippen molar-refractivity contribution >= 4 is 40.1 Å². The van der Waals surface area contributed by atoms with Gasteiger partial charge in [0.05, 0.1) is 24.4 Å². The van der Waals surface area contributed by atoms with Gasteiger partial charge in [-0.3, -0.25) is 14.5 Å². The predicted octanol–water partition coefficient (Wildman–Crippen LogP) is 6.26. The Kier molecular flexibility index (Phi) is 8.17. The molecule has 0 saturated carbocycles. The van der Waals surface area contributed by atoms with Crippen LogP contribution >= 0.6 is 11.8 Å².